The monoisotopic (exact) mass is 654 g/mol. The summed E-state index contributed by atoms with van der Waals surface area (Å²) < 4.78 is 40.6. The number of aryl methyl sites for hydroxylation is 1. The van der Waals surface area contributed by atoms with Crippen molar-refractivity contribution in [3.8, 4) is 17.0 Å². The molecule has 1 saturated carbocycles. The minimum absolute atomic E-state index is 0.0564. The fourth-order valence-electron chi connectivity index (χ4n) is 5.75. The van der Waals surface area contributed by atoms with Crippen LogP contribution in [0.3, 0.4) is 0 Å². The second-order valence-electron chi connectivity index (χ2n) is 11.4. The van der Waals surface area contributed by atoms with Crippen LogP contribution in [0.2, 0.25) is 10.0 Å². The van der Waals surface area contributed by atoms with Gasteiger partial charge in [-0.05, 0) is 61.6 Å². The van der Waals surface area contributed by atoms with E-state index in [0.29, 0.717) is 42.1 Å². The first-order valence-electron chi connectivity index (χ1n) is 14.6. The molecule has 11 heteroatoms. The molecule has 2 unspecified atom stereocenters. The Bertz CT molecular complexity index is 1780. The zero-order valence-electron chi connectivity index (χ0n) is 25.2. The van der Waals surface area contributed by atoms with Crippen LogP contribution in [0, 0.1) is 24.5 Å². The molecule has 3 N–H and O–H groups in total. The number of aromatic nitrogens is 2. The van der Waals surface area contributed by atoms with Crippen LogP contribution in [0.1, 0.15) is 59.7 Å². The average molecular weight is 656 g/mol. The average Bonchev–Trinajstić information content (AvgIpc) is 3.85. The number of carbonyl (C=O) groups is 1. The molecular formula is C34H34Cl2F2N4O3. The summed E-state index contributed by atoms with van der Waals surface area (Å²) in [7, 11) is 1.62. The Morgan fingerprint density at radius 2 is 1.89 bits per heavy atom. The number of nitrogens with one attached hydrogen (secondary N) is 1. The number of primary amides is 1. The van der Waals surface area contributed by atoms with Gasteiger partial charge < -0.3 is 20.5 Å². The summed E-state index contributed by atoms with van der Waals surface area (Å²) in [6, 6.07) is 10.1. The maximum Gasteiger partial charge on any atom is 0.204 e. The Hall–Kier alpha value is -3.79. The van der Waals surface area contributed by atoms with Crippen molar-refractivity contribution in [2.75, 3.05) is 20.3 Å². The Labute approximate surface area is 270 Å². The van der Waals surface area contributed by atoms with Crippen molar-refractivity contribution in [2.45, 2.75) is 45.1 Å². The van der Waals surface area contributed by atoms with Crippen molar-refractivity contribution in [3.05, 3.63) is 92.7 Å². The van der Waals surface area contributed by atoms with Gasteiger partial charge in [-0.25, -0.2) is 13.8 Å². The number of hydrogen-bond donors (Lipinski definition) is 2. The summed E-state index contributed by atoms with van der Waals surface area (Å²) in [5.41, 5.74) is 10.6. The SMILES string of the molecule is C=C(NCC(c1cc2c(c(-c3cc(Cl)c(F)cc3F)n1)COCC2C)C1CC1)c1cc(OC)c2nc(C)c(Cl)cc2c1.NC=O. The molecule has 0 bridgehead atoms. The van der Waals surface area contributed by atoms with Crippen molar-refractivity contribution < 1.29 is 23.0 Å². The first-order valence-corrected chi connectivity index (χ1v) is 15.3. The van der Waals surface area contributed by atoms with Crippen molar-refractivity contribution in [3.63, 3.8) is 0 Å². The van der Waals surface area contributed by atoms with E-state index in [1.807, 2.05) is 25.1 Å². The largest absolute Gasteiger partial charge is 0.494 e. The number of hydrogen-bond acceptors (Lipinski definition) is 6. The molecule has 2 atom stereocenters. The molecule has 1 aliphatic heterocycles. The van der Waals surface area contributed by atoms with Crippen molar-refractivity contribution in [1.82, 2.24) is 15.3 Å². The Morgan fingerprint density at radius 1 is 1.16 bits per heavy atom. The maximum absolute atomic E-state index is 15.1. The molecular weight excluding hydrogens is 621 g/mol. The van der Waals surface area contributed by atoms with Gasteiger partial charge in [-0.3, -0.25) is 9.78 Å². The highest BCUT2D eigenvalue weighted by Crippen LogP contribution is 2.45. The number of carbonyl (C=O) groups excluding carboxylic acids is 1. The highest BCUT2D eigenvalue weighted by Gasteiger charge is 2.35. The van der Waals surface area contributed by atoms with Gasteiger partial charge in [0.2, 0.25) is 6.41 Å². The van der Waals surface area contributed by atoms with E-state index in [4.69, 9.17) is 42.5 Å². The number of nitrogens with zero attached hydrogens (tertiary/aromatic N) is 2. The third-order valence-electron chi connectivity index (χ3n) is 8.28. The van der Waals surface area contributed by atoms with Gasteiger partial charge in [0.15, 0.2) is 0 Å². The molecule has 1 aliphatic carbocycles. The van der Waals surface area contributed by atoms with E-state index in [9.17, 15) is 4.39 Å². The van der Waals surface area contributed by atoms with Gasteiger partial charge >= 0.3 is 0 Å². The number of benzene rings is 2. The fraction of sp³-hybridized carbons (Fsp3) is 0.324. The van der Waals surface area contributed by atoms with Crippen molar-refractivity contribution in [1.29, 1.82) is 0 Å². The van der Waals surface area contributed by atoms with Gasteiger partial charge in [-0.2, -0.15) is 0 Å². The molecule has 0 saturated heterocycles. The molecule has 0 spiro atoms. The highest BCUT2D eigenvalue weighted by molar-refractivity contribution is 6.32. The second kappa shape index (κ2) is 13.7. The van der Waals surface area contributed by atoms with E-state index in [1.54, 1.807) is 7.11 Å². The van der Waals surface area contributed by atoms with E-state index in [0.717, 1.165) is 63.6 Å². The van der Waals surface area contributed by atoms with Gasteiger partial charge in [0, 0.05) is 57.9 Å². The minimum atomic E-state index is -0.801. The van der Waals surface area contributed by atoms with E-state index < -0.39 is 11.6 Å². The zero-order valence-corrected chi connectivity index (χ0v) is 26.7. The number of nitrogens with two attached hydrogens (primary N) is 1. The van der Waals surface area contributed by atoms with E-state index >= 15 is 4.39 Å². The molecule has 0 radical (unpaired) electrons. The number of ether oxygens (including phenoxy) is 2. The summed E-state index contributed by atoms with van der Waals surface area (Å²) in [6.07, 6.45) is 2.41. The predicted octanol–water partition coefficient (Wildman–Crippen LogP) is 7.69. The van der Waals surface area contributed by atoms with Crippen LogP contribution in [0.4, 0.5) is 8.78 Å². The van der Waals surface area contributed by atoms with Crippen LogP contribution in [-0.4, -0.2) is 36.6 Å². The molecule has 1 fully saturated rings. The van der Waals surface area contributed by atoms with Gasteiger partial charge in [0.25, 0.3) is 0 Å². The molecule has 4 aromatic rings. The number of methoxy groups -OCH3 is 1. The van der Waals surface area contributed by atoms with E-state index in [-0.39, 0.29) is 28.8 Å². The quantitative estimate of drug-likeness (QED) is 0.149. The lowest BCUT2D eigenvalue weighted by atomic mass is 9.88. The number of fused-ring (bicyclic) bond motifs is 2. The topological polar surface area (TPSA) is 99.4 Å². The molecule has 236 valence electrons. The lowest BCUT2D eigenvalue weighted by molar-refractivity contribution is -0.106. The molecule has 2 aromatic carbocycles. The van der Waals surface area contributed by atoms with Crippen molar-refractivity contribution in [2.24, 2.45) is 11.7 Å². The van der Waals surface area contributed by atoms with Crippen LogP contribution in [0.25, 0.3) is 27.9 Å². The second-order valence-corrected chi connectivity index (χ2v) is 12.2. The van der Waals surface area contributed by atoms with E-state index in [1.165, 1.54) is 6.07 Å². The van der Waals surface area contributed by atoms with Crippen LogP contribution < -0.4 is 15.8 Å². The summed E-state index contributed by atoms with van der Waals surface area (Å²) in [4.78, 5) is 18.2. The number of rotatable bonds is 8. The first kappa shape index (κ1) is 32.6. The minimum Gasteiger partial charge on any atom is -0.494 e. The summed E-state index contributed by atoms with van der Waals surface area (Å²) in [5, 5.41) is 4.82. The maximum atomic E-state index is 15.1. The molecule has 6 rings (SSSR count). The highest BCUT2D eigenvalue weighted by atomic mass is 35.5. The van der Waals surface area contributed by atoms with Gasteiger partial charge in [0.1, 0.15) is 22.9 Å². The number of halogens is 4. The number of pyridine rings is 2. The lowest BCUT2D eigenvalue weighted by Crippen LogP contribution is -2.24. The molecule has 1 amide bonds. The van der Waals surface area contributed by atoms with Crippen LogP contribution >= 0.6 is 23.2 Å². The van der Waals surface area contributed by atoms with Crippen LogP contribution in [-0.2, 0) is 16.1 Å². The summed E-state index contributed by atoms with van der Waals surface area (Å²) in [6.45, 7) is 9.71. The Balaban J connectivity index is 0.00000128. The van der Waals surface area contributed by atoms with Gasteiger partial charge in [0.05, 0.1) is 41.8 Å². The molecule has 3 heterocycles. The summed E-state index contributed by atoms with van der Waals surface area (Å²) in [5.74, 6) is -0.277. The summed E-state index contributed by atoms with van der Waals surface area (Å²) >= 11 is 12.5. The van der Waals surface area contributed by atoms with Gasteiger partial charge in [-0.1, -0.05) is 36.7 Å². The molecule has 7 nitrogen and oxygen atoms in total. The fourth-order valence-corrected chi connectivity index (χ4v) is 6.07. The third kappa shape index (κ3) is 6.90. The lowest BCUT2D eigenvalue weighted by Gasteiger charge is -2.28. The standard InChI is InChI=1S/C33H31Cl2F2N3O2.CH3NO/c1-16-14-42-15-25-22(16)11-30(40-33(25)23-10-27(35)29(37)12-28(23)36)24(19-5-6-19)13-38-17(2)20-7-21-8-26(34)18(3)39-32(21)31(9-20)41-4;2-1-3/h7-12,16,19,24,38H,2,5-6,13-15H2,1,3-4H3;1H,(H2,2,3). The van der Waals surface area contributed by atoms with Crippen LogP contribution in [0.5, 0.6) is 5.75 Å². The molecule has 2 aromatic heterocycles. The zero-order chi connectivity index (χ0) is 32.4. The molecule has 45 heavy (non-hydrogen) atoms. The third-order valence-corrected chi connectivity index (χ3v) is 8.95. The smallest absolute Gasteiger partial charge is 0.204 e. The first-order chi connectivity index (χ1) is 21.6. The van der Waals surface area contributed by atoms with E-state index in [2.05, 4.69) is 35.6 Å². The Morgan fingerprint density at radius 3 is 2.58 bits per heavy atom. The van der Waals surface area contributed by atoms with Gasteiger partial charge in [-0.15, -0.1) is 0 Å². The molecule has 2 aliphatic rings. The van der Waals surface area contributed by atoms with Crippen molar-refractivity contribution >= 4 is 46.2 Å². The normalized spacial score (nSPS) is 16.3. The predicted molar refractivity (Wildman–Crippen MR) is 173 cm³/mol. The Kier molecular flexibility index (Phi) is 9.91. The van der Waals surface area contributed by atoms with Crippen LogP contribution in [0.15, 0.2) is 43.0 Å². The number of amides is 1.